The smallest absolute Gasteiger partial charge is 0.379 e. The summed E-state index contributed by atoms with van der Waals surface area (Å²) < 4.78 is 34.7. The number of benzene rings is 2. The van der Waals surface area contributed by atoms with Crippen LogP contribution < -0.4 is 33.8 Å². The summed E-state index contributed by atoms with van der Waals surface area (Å²) in [7, 11) is 2.85. The van der Waals surface area contributed by atoms with E-state index in [1.54, 1.807) is 62.4 Å². The first-order chi connectivity index (χ1) is 25.3. The summed E-state index contributed by atoms with van der Waals surface area (Å²) >= 11 is 12.8. The first-order valence-corrected chi connectivity index (χ1v) is 17.9. The van der Waals surface area contributed by atoms with Crippen molar-refractivity contribution in [1.29, 1.82) is 0 Å². The zero-order chi connectivity index (χ0) is 38.2. The molecule has 276 valence electrons. The van der Waals surface area contributed by atoms with Gasteiger partial charge in [-0.25, -0.2) is 14.6 Å². The molecular formula is C38H34Cl2N2O10S. The van der Waals surface area contributed by atoms with E-state index in [1.165, 1.54) is 37.2 Å². The highest BCUT2D eigenvalue weighted by Gasteiger charge is 2.61. The maximum atomic E-state index is 14.2. The quantitative estimate of drug-likeness (QED) is 0.129. The van der Waals surface area contributed by atoms with Crippen LogP contribution in [-0.2, 0) is 14.3 Å². The minimum absolute atomic E-state index is 0.00153. The molecule has 15 heteroatoms. The van der Waals surface area contributed by atoms with E-state index in [1.807, 2.05) is 13.8 Å². The Morgan fingerprint density at radius 1 is 0.981 bits per heavy atom. The number of rotatable bonds is 11. The maximum Gasteiger partial charge on any atom is 0.379 e. The lowest BCUT2D eigenvalue weighted by molar-refractivity contribution is -0.139. The van der Waals surface area contributed by atoms with Crippen molar-refractivity contribution in [3.05, 3.63) is 113 Å². The monoisotopic (exact) mass is 780 g/mol. The SMILES string of the molecule is CCOC(=O)C1=C(C)N=c2s/c(=C\c3ccc(OC(=O)C4C(C=C(Cl)Cl)C4(C)C)c(OC)c3)c(=O)n2C1c1ccc(OC(=O)c2ccco2)c(OC)c1. The summed E-state index contributed by atoms with van der Waals surface area (Å²) in [6, 6.07) is 11.7. The molecule has 1 aliphatic heterocycles. The van der Waals surface area contributed by atoms with Crippen molar-refractivity contribution < 1.29 is 42.5 Å². The molecule has 0 amide bonds. The fourth-order valence-corrected chi connectivity index (χ4v) is 7.66. The fraction of sp³-hybridized carbons (Fsp3) is 0.289. The van der Waals surface area contributed by atoms with E-state index in [4.69, 9.17) is 51.3 Å². The van der Waals surface area contributed by atoms with Crippen molar-refractivity contribution in [3.63, 3.8) is 0 Å². The van der Waals surface area contributed by atoms with Crippen molar-refractivity contribution in [2.75, 3.05) is 20.8 Å². The van der Waals surface area contributed by atoms with Crippen LogP contribution in [0.15, 0.2) is 90.8 Å². The lowest BCUT2D eigenvalue weighted by Gasteiger charge is -2.25. The Labute approximate surface area is 317 Å². The molecule has 1 saturated carbocycles. The minimum atomic E-state index is -0.966. The molecule has 6 rings (SSSR count). The van der Waals surface area contributed by atoms with Crippen LogP contribution in [-0.4, -0.2) is 43.3 Å². The van der Waals surface area contributed by atoms with Gasteiger partial charge in [-0.3, -0.25) is 14.2 Å². The van der Waals surface area contributed by atoms with Gasteiger partial charge in [-0.15, -0.1) is 0 Å². The molecule has 53 heavy (non-hydrogen) atoms. The molecule has 0 bridgehead atoms. The van der Waals surface area contributed by atoms with E-state index in [-0.39, 0.29) is 56.8 Å². The summed E-state index contributed by atoms with van der Waals surface area (Å²) in [6.45, 7) is 7.32. The number of aromatic nitrogens is 1. The molecule has 0 spiro atoms. The number of fused-ring (bicyclic) bond motifs is 1. The van der Waals surface area contributed by atoms with E-state index in [0.717, 1.165) is 11.3 Å². The van der Waals surface area contributed by atoms with Crippen molar-refractivity contribution in [3.8, 4) is 23.0 Å². The number of hydrogen-bond donors (Lipinski definition) is 0. The molecule has 2 aliphatic rings. The molecular weight excluding hydrogens is 747 g/mol. The van der Waals surface area contributed by atoms with Crippen LogP contribution in [0, 0.1) is 17.3 Å². The molecule has 3 atom stereocenters. The number of halogens is 2. The molecule has 3 unspecified atom stereocenters. The number of esters is 3. The van der Waals surface area contributed by atoms with E-state index >= 15 is 0 Å². The van der Waals surface area contributed by atoms with Crippen LogP contribution in [0.2, 0.25) is 0 Å². The number of hydrogen-bond acceptors (Lipinski definition) is 12. The minimum Gasteiger partial charge on any atom is -0.493 e. The van der Waals surface area contributed by atoms with Gasteiger partial charge in [-0.2, -0.15) is 0 Å². The highest BCUT2D eigenvalue weighted by Crippen LogP contribution is 2.60. The van der Waals surface area contributed by atoms with Crippen LogP contribution in [0.1, 0.15) is 55.4 Å². The fourth-order valence-electron chi connectivity index (χ4n) is 6.35. The number of carbonyl (C=O) groups excluding carboxylic acids is 3. The molecule has 3 heterocycles. The molecule has 0 radical (unpaired) electrons. The van der Waals surface area contributed by atoms with Gasteiger partial charge in [-0.1, -0.05) is 60.5 Å². The number of nitrogens with zero attached hydrogens (tertiary/aromatic N) is 2. The second-order valence-electron chi connectivity index (χ2n) is 12.7. The number of allylic oxidation sites excluding steroid dienone is 2. The van der Waals surface area contributed by atoms with Gasteiger partial charge >= 0.3 is 17.9 Å². The van der Waals surface area contributed by atoms with Gasteiger partial charge in [0.2, 0.25) is 5.76 Å². The topological polar surface area (TPSA) is 145 Å². The van der Waals surface area contributed by atoms with Crippen LogP contribution in [0.25, 0.3) is 6.08 Å². The Morgan fingerprint density at radius 3 is 2.34 bits per heavy atom. The maximum absolute atomic E-state index is 14.2. The third kappa shape index (κ3) is 7.41. The van der Waals surface area contributed by atoms with Gasteiger partial charge in [0.15, 0.2) is 27.8 Å². The largest absolute Gasteiger partial charge is 0.493 e. The summed E-state index contributed by atoms with van der Waals surface area (Å²) in [5, 5.41) is 0. The number of thiazole rings is 1. The van der Waals surface area contributed by atoms with Crippen molar-refractivity contribution in [2.24, 2.45) is 22.2 Å². The van der Waals surface area contributed by atoms with Crippen LogP contribution in [0.5, 0.6) is 23.0 Å². The molecule has 0 N–H and O–H groups in total. The molecule has 2 aromatic carbocycles. The predicted octanol–water partition coefficient (Wildman–Crippen LogP) is 6.12. The number of ether oxygens (including phenoxy) is 5. The Kier molecular flexibility index (Phi) is 10.7. The number of carbonyl (C=O) groups is 3. The second kappa shape index (κ2) is 15.1. The van der Waals surface area contributed by atoms with Gasteiger partial charge in [0, 0.05) is 0 Å². The second-order valence-corrected chi connectivity index (χ2v) is 14.7. The standard InChI is InChI=1S/C38H34Cl2N2O10S/c1-7-49-35(45)30-19(2)41-37-42(32(30)21-11-13-24(27(17-21)48-6)51-34(44)25-9-8-14-50-25)33(43)28(53-37)16-20-10-12-23(26(15-20)47-5)52-36(46)31-22(18-29(39)40)38(31,3)4/h8-18,22,31-32H,7H2,1-6H3/b28-16-. The Morgan fingerprint density at radius 2 is 1.68 bits per heavy atom. The normalized spacial score (nSPS) is 18.7. The van der Waals surface area contributed by atoms with Crippen molar-refractivity contribution in [2.45, 2.75) is 33.7 Å². The van der Waals surface area contributed by atoms with Gasteiger partial charge in [0.25, 0.3) is 5.56 Å². The average Bonchev–Trinajstić information content (AvgIpc) is 3.47. The van der Waals surface area contributed by atoms with E-state index in [2.05, 4.69) is 4.99 Å². The van der Waals surface area contributed by atoms with Gasteiger partial charge in [0.05, 0.1) is 54.9 Å². The summed E-state index contributed by atoms with van der Waals surface area (Å²) in [5.41, 5.74) is 0.773. The third-order valence-corrected chi connectivity index (χ3v) is 10.3. The highest BCUT2D eigenvalue weighted by molar-refractivity contribution is 7.07. The summed E-state index contributed by atoms with van der Waals surface area (Å²) in [6.07, 6.45) is 4.65. The van der Waals surface area contributed by atoms with E-state index in [9.17, 15) is 19.2 Å². The molecule has 12 nitrogen and oxygen atoms in total. The number of furan rings is 1. The van der Waals surface area contributed by atoms with Gasteiger partial charge in [0.1, 0.15) is 4.49 Å². The molecule has 4 aromatic rings. The first-order valence-electron chi connectivity index (χ1n) is 16.3. The Balaban J connectivity index is 1.36. The van der Waals surface area contributed by atoms with E-state index in [0.29, 0.717) is 26.2 Å². The Hall–Kier alpha value is -5.11. The molecule has 1 fully saturated rings. The molecule has 0 saturated heterocycles. The molecule has 2 aromatic heterocycles. The van der Waals surface area contributed by atoms with Gasteiger partial charge in [-0.05, 0) is 84.9 Å². The summed E-state index contributed by atoms with van der Waals surface area (Å²) in [5.74, 6) is -1.66. The Bertz CT molecular complexity index is 2350. The highest BCUT2D eigenvalue weighted by atomic mass is 35.5. The predicted molar refractivity (Wildman–Crippen MR) is 196 cm³/mol. The zero-order valence-corrected chi connectivity index (χ0v) is 31.8. The van der Waals surface area contributed by atoms with Crippen LogP contribution >= 0.6 is 34.5 Å². The lowest BCUT2D eigenvalue weighted by atomic mass is 9.95. The van der Waals surface area contributed by atoms with Crippen molar-refractivity contribution >= 4 is 58.5 Å². The summed E-state index contributed by atoms with van der Waals surface area (Å²) in [4.78, 5) is 58.3. The molecule has 1 aliphatic carbocycles. The van der Waals surface area contributed by atoms with Crippen LogP contribution in [0.4, 0.5) is 0 Å². The first kappa shape index (κ1) is 37.6. The zero-order valence-electron chi connectivity index (χ0n) is 29.4. The number of methoxy groups -OCH3 is 2. The van der Waals surface area contributed by atoms with Crippen LogP contribution in [0.3, 0.4) is 0 Å². The lowest BCUT2D eigenvalue weighted by Crippen LogP contribution is -2.40. The third-order valence-electron chi connectivity index (χ3n) is 9.11. The van der Waals surface area contributed by atoms with Gasteiger partial charge < -0.3 is 28.1 Å². The average molecular weight is 782 g/mol. The van der Waals surface area contributed by atoms with Crippen molar-refractivity contribution in [1.82, 2.24) is 4.57 Å². The van der Waals surface area contributed by atoms with E-state index < -0.39 is 35.4 Å².